The van der Waals surface area contributed by atoms with Crippen molar-refractivity contribution in [3.63, 3.8) is 0 Å². The fourth-order valence-corrected chi connectivity index (χ4v) is 0.602. The molecule has 0 aliphatic carbocycles. The van der Waals surface area contributed by atoms with Crippen molar-refractivity contribution < 1.29 is 0 Å². The molecule has 0 radical (unpaired) electrons. The summed E-state index contributed by atoms with van der Waals surface area (Å²) in [6, 6.07) is 0. The van der Waals surface area contributed by atoms with E-state index in [1.807, 2.05) is 14.0 Å². The Morgan fingerprint density at radius 2 is 2.44 bits per heavy atom. The minimum atomic E-state index is 0.148. The molecular weight excluding hydrogens is 132 g/mol. The standard InChI is InChI=1S/C6H12N2S/c1-5(9)6(8-3)4-7-2/h4-5,7,9H,3H2,1-2H3/b6-4-. The van der Waals surface area contributed by atoms with E-state index in [9.17, 15) is 0 Å². The van der Waals surface area contributed by atoms with E-state index in [2.05, 4.69) is 29.7 Å². The number of nitrogens with one attached hydrogen (secondary N) is 1. The summed E-state index contributed by atoms with van der Waals surface area (Å²) in [5.74, 6) is 0. The van der Waals surface area contributed by atoms with Crippen molar-refractivity contribution in [2.24, 2.45) is 4.99 Å². The van der Waals surface area contributed by atoms with Gasteiger partial charge in [-0.1, -0.05) is 0 Å². The third-order valence-electron chi connectivity index (χ3n) is 0.903. The fraction of sp³-hybridized carbons (Fsp3) is 0.500. The van der Waals surface area contributed by atoms with Crippen LogP contribution in [0.3, 0.4) is 0 Å². The summed E-state index contributed by atoms with van der Waals surface area (Å²) < 4.78 is 0. The largest absolute Gasteiger partial charge is 0.392 e. The maximum atomic E-state index is 4.17. The van der Waals surface area contributed by atoms with Crippen LogP contribution < -0.4 is 5.32 Å². The molecule has 52 valence electrons. The Morgan fingerprint density at radius 3 is 2.56 bits per heavy atom. The first-order valence-corrected chi connectivity index (χ1v) is 3.26. The van der Waals surface area contributed by atoms with Gasteiger partial charge in [-0.2, -0.15) is 12.6 Å². The van der Waals surface area contributed by atoms with Gasteiger partial charge < -0.3 is 5.32 Å². The molecule has 0 rings (SSSR count). The zero-order valence-electron chi connectivity index (χ0n) is 5.76. The molecule has 0 amide bonds. The van der Waals surface area contributed by atoms with Crippen molar-refractivity contribution >= 4 is 19.3 Å². The molecule has 0 bridgehead atoms. The second-order valence-electron chi connectivity index (χ2n) is 1.69. The number of nitrogens with zero attached hydrogens (tertiary/aromatic N) is 1. The molecule has 0 aromatic heterocycles. The smallest absolute Gasteiger partial charge is 0.0676 e. The molecule has 0 spiro atoms. The zero-order valence-corrected chi connectivity index (χ0v) is 6.65. The fourth-order valence-electron chi connectivity index (χ4n) is 0.446. The third-order valence-corrected chi connectivity index (χ3v) is 1.17. The number of hydrogen-bond donors (Lipinski definition) is 2. The van der Waals surface area contributed by atoms with Crippen LogP contribution in [-0.4, -0.2) is 19.0 Å². The molecular formula is C6H12N2S. The first kappa shape index (κ1) is 8.56. The zero-order chi connectivity index (χ0) is 7.28. The minimum absolute atomic E-state index is 0.148. The molecule has 1 atom stereocenters. The molecule has 1 unspecified atom stereocenters. The average molecular weight is 144 g/mol. The SMILES string of the molecule is C=N/C(=C\NC)C(C)S. The van der Waals surface area contributed by atoms with Gasteiger partial charge in [-0.25, -0.2) is 0 Å². The molecule has 1 N–H and O–H groups in total. The molecule has 0 aliphatic heterocycles. The highest BCUT2D eigenvalue weighted by Crippen LogP contribution is 2.06. The van der Waals surface area contributed by atoms with Crippen LogP contribution in [0.15, 0.2) is 16.9 Å². The molecule has 0 aromatic rings. The molecule has 0 saturated heterocycles. The number of thiol groups is 1. The van der Waals surface area contributed by atoms with Gasteiger partial charge in [-0.3, -0.25) is 4.99 Å². The Hall–Kier alpha value is -0.440. The molecule has 0 heterocycles. The summed E-state index contributed by atoms with van der Waals surface area (Å²) in [5.41, 5.74) is 0.862. The van der Waals surface area contributed by atoms with Crippen molar-refractivity contribution in [1.82, 2.24) is 5.32 Å². The molecule has 2 nitrogen and oxygen atoms in total. The molecule has 0 aliphatic rings. The van der Waals surface area contributed by atoms with E-state index < -0.39 is 0 Å². The number of rotatable bonds is 3. The third kappa shape index (κ3) is 3.19. The van der Waals surface area contributed by atoms with Gasteiger partial charge in [-0.15, -0.1) is 0 Å². The van der Waals surface area contributed by atoms with E-state index >= 15 is 0 Å². The Morgan fingerprint density at radius 1 is 1.89 bits per heavy atom. The van der Waals surface area contributed by atoms with Gasteiger partial charge in [0.25, 0.3) is 0 Å². The summed E-state index contributed by atoms with van der Waals surface area (Å²) in [5, 5.41) is 3.00. The predicted octanol–water partition coefficient (Wildman–Crippen LogP) is 1.07. The summed E-state index contributed by atoms with van der Waals surface area (Å²) in [6.07, 6.45) is 1.78. The van der Waals surface area contributed by atoms with Gasteiger partial charge in [-0.05, 0) is 13.6 Å². The van der Waals surface area contributed by atoms with Crippen LogP contribution in [0.25, 0.3) is 0 Å². The Bertz CT molecular complexity index is 118. The van der Waals surface area contributed by atoms with E-state index in [-0.39, 0.29) is 5.25 Å². The van der Waals surface area contributed by atoms with Crippen LogP contribution in [0, 0.1) is 0 Å². The van der Waals surface area contributed by atoms with Crippen molar-refractivity contribution in [3.8, 4) is 0 Å². The van der Waals surface area contributed by atoms with Gasteiger partial charge in [0.2, 0.25) is 0 Å². The molecule has 0 saturated carbocycles. The van der Waals surface area contributed by atoms with Crippen LogP contribution in [-0.2, 0) is 0 Å². The van der Waals surface area contributed by atoms with E-state index in [0.717, 1.165) is 5.70 Å². The number of hydrogen-bond acceptors (Lipinski definition) is 3. The van der Waals surface area contributed by atoms with Crippen molar-refractivity contribution in [2.45, 2.75) is 12.2 Å². The van der Waals surface area contributed by atoms with Crippen LogP contribution in [0.1, 0.15) is 6.92 Å². The first-order chi connectivity index (χ1) is 4.22. The van der Waals surface area contributed by atoms with Gasteiger partial charge >= 0.3 is 0 Å². The lowest BCUT2D eigenvalue weighted by atomic mass is 10.4. The summed E-state index contributed by atoms with van der Waals surface area (Å²) in [4.78, 5) is 3.75. The highest BCUT2D eigenvalue weighted by Gasteiger charge is 1.97. The summed E-state index contributed by atoms with van der Waals surface area (Å²) >= 11 is 4.17. The second kappa shape index (κ2) is 4.44. The molecule has 0 aromatic carbocycles. The molecule has 0 fully saturated rings. The van der Waals surface area contributed by atoms with Crippen molar-refractivity contribution in [1.29, 1.82) is 0 Å². The van der Waals surface area contributed by atoms with Crippen LogP contribution >= 0.6 is 12.6 Å². The van der Waals surface area contributed by atoms with Crippen molar-refractivity contribution in [2.75, 3.05) is 7.05 Å². The maximum absolute atomic E-state index is 4.17. The van der Waals surface area contributed by atoms with E-state index in [0.29, 0.717) is 0 Å². The highest BCUT2D eigenvalue weighted by molar-refractivity contribution is 7.81. The summed E-state index contributed by atoms with van der Waals surface area (Å²) in [6.45, 7) is 5.34. The first-order valence-electron chi connectivity index (χ1n) is 2.74. The topological polar surface area (TPSA) is 24.4 Å². The predicted molar refractivity (Wildman–Crippen MR) is 45.1 cm³/mol. The van der Waals surface area contributed by atoms with Gasteiger partial charge in [0, 0.05) is 18.5 Å². The average Bonchev–Trinajstić information content (AvgIpc) is 1.82. The van der Waals surface area contributed by atoms with Gasteiger partial charge in [0.1, 0.15) is 0 Å². The normalized spacial score (nSPS) is 14.8. The maximum Gasteiger partial charge on any atom is 0.0676 e. The number of aliphatic imine (C=N–C) groups is 1. The second-order valence-corrected chi connectivity index (χ2v) is 2.47. The molecule has 3 heteroatoms. The van der Waals surface area contributed by atoms with Gasteiger partial charge in [0.05, 0.1) is 5.70 Å². The highest BCUT2D eigenvalue weighted by atomic mass is 32.1. The van der Waals surface area contributed by atoms with Crippen LogP contribution in [0.5, 0.6) is 0 Å². The Balaban J connectivity index is 3.97. The Labute approximate surface area is 61.5 Å². The Kier molecular flexibility index (Phi) is 4.22. The minimum Gasteiger partial charge on any atom is -0.392 e. The van der Waals surface area contributed by atoms with E-state index in [1.165, 1.54) is 0 Å². The molecule has 9 heavy (non-hydrogen) atoms. The summed E-state index contributed by atoms with van der Waals surface area (Å²) in [7, 11) is 1.82. The lowest BCUT2D eigenvalue weighted by Gasteiger charge is -2.02. The van der Waals surface area contributed by atoms with E-state index in [1.54, 1.807) is 6.20 Å². The van der Waals surface area contributed by atoms with E-state index in [4.69, 9.17) is 0 Å². The lowest BCUT2D eigenvalue weighted by Crippen LogP contribution is -2.01. The van der Waals surface area contributed by atoms with Crippen LogP contribution in [0.4, 0.5) is 0 Å². The van der Waals surface area contributed by atoms with Crippen molar-refractivity contribution in [3.05, 3.63) is 11.9 Å². The van der Waals surface area contributed by atoms with Gasteiger partial charge in [0.15, 0.2) is 0 Å². The lowest BCUT2D eigenvalue weighted by molar-refractivity contribution is 1.01. The quantitative estimate of drug-likeness (QED) is 0.449. The van der Waals surface area contributed by atoms with Crippen LogP contribution in [0.2, 0.25) is 0 Å². The monoisotopic (exact) mass is 144 g/mol.